The van der Waals surface area contributed by atoms with Crippen molar-refractivity contribution in [2.75, 3.05) is 5.73 Å². The van der Waals surface area contributed by atoms with E-state index in [1.807, 2.05) is 0 Å². The number of hydrogen-bond donors (Lipinski definition) is 3. The second kappa shape index (κ2) is 4.86. The molecule has 1 rings (SSSR count). The van der Waals surface area contributed by atoms with Gasteiger partial charge in [0.2, 0.25) is 5.91 Å². The quantitative estimate of drug-likeness (QED) is 0.640. The minimum Gasteiger partial charge on any atom is -0.383 e. The average molecular weight is 239 g/mol. The first-order valence-corrected chi connectivity index (χ1v) is 5.22. The third kappa shape index (κ3) is 2.74. The molecular weight excluding hydrogens is 222 g/mol. The summed E-state index contributed by atoms with van der Waals surface area (Å²) in [7, 11) is 1.63. The summed E-state index contributed by atoms with van der Waals surface area (Å²) in [5.41, 5.74) is 11.1. The van der Waals surface area contributed by atoms with Crippen LogP contribution in [0.4, 0.5) is 5.82 Å². The number of nitrogen functional groups attached to an aromatic ring is 1. The molecule has 1 aromatic rings. The van der Waals surface area contributed by atoms with Crippen molar-refractivity contribution in [1.29, 1.82) is 0 Å². The van der Waals surface area contributed by atoms with Crippen molar-refractivity contribution in [1.82, 2.24) is 15.1 Å². The van der Waals surface area contributed by atoms with Crippen LogP contribution in [0, 0.1) is 5.92 Å². The standard InChI is InChI=1S/C10H17N5O2/c1-5(2)7(9(12)16)14-10(17)6-4-13-15(3)8(6)11/h4-5,7H,11H2,1-3H3,(H2,12,16)(H,14,17). The zero-order valence-corrected chi connectivity index (χ0v) is 10.1. The molecule has 0 aliphatic rings. The zero-order valence-electron chi connectivity index (χ0n) is 10.1. The van der Waals surface area contributed by atoms with Crippen LogP contribution in [0.1, 0.15) is 24.2 Å². The van der Waals surface area contributed by atoms with E-state index in [0.717, 1.165) is 0 Å². The number of aromatic nitrogens is 2. The number of rotatable bonds is 4. The van der Waals surface area contributed by atoms with Crippen molar-refractivity contribution in [3.8, 4) is 0 Å². The largest absolute Gasteiger partial charge is 0.383 e. The van der Waals surface area contributed by atoms with Gasteiger partial charge in [-0.2, -0.15) is 5.10 Å². The molecule has 7 nitrogen and oxygen atoms in total. The summed E-state index contributed by atoms with van der Waals surface area (Å²) in [6.45, 7) is 3.59. The molecule has 0 saturated carbocycles. The Morgan fingerprint density at radius 1 is 1.47 bits per heavy atom. The Kier molecular flexibility index (Phi) is 3.72. The lowest BCUT2D eigenvalue weighted by Gasteiger charge is -2.18. The molecular formula is C10H17N5O2. The average Bonchev–Trinajstić information content (AvgIpc) is 2.55. The zero-order chi connectivity index (χ0) is 13.2. The van der Waals surface area contributed by atoms with Gasteiger partial charge in [-0.15, -0.1) is 0 Å². The highest BCUT2D eigenvalue weighted by Gasteiger charge is 2.24. The topological polar surface area (TPSA) is 116 Å². The van der Waals surface area contributed by atoms with Gasteiger partial charge in [-0.05, 0) is 5.92 Å². The van der Waals surface area contributed by atoms with Gasteiger partial charge in [-0.1, -0.05) is 13.8 Å². The SMILES string of the molecule is CC(C)C(NC(=O)c1cnn(C)c1N)C(N)=O. The van der Waals surface area contributed by atoms with Gasteiger partial charge in [0, 0.05) is 7.05 Å². The highest BCUT2D eigenvalue weighted by atomic mass is 16.2. The number of anilines is 1. The van der Waals surface area contributed by atoms with Crippen LogP contribution in [-0.2, 0) is 11.8 Å². The molecule has 0 aliphatic carbocycles. The van der Waals surface area contributed by atoms with Crippen molar-refractivity contribution >= 4 is 17.6 Å². The Bertz CT molecular complexity index is 438. The number of primary amides is 1. The van der Waals surface area contributed by atoms with Crippen LogP contribution in [0.2, 0.25) is 0 Å². The lowest BCUT2D eigenvalue weighted by Crippen LogP contribution is -2.47. The van der Waals surface area contributed by atoms with E-state index in [-0.39, 0.29) is 17.3 Å². The van der Waals surface area contributed by atoms with Crippen molar-refractivity contribution in [2.45, 2.75) is 19.9 Å². The molecule has 2 amide bonds. The Balaban J connectivity index is 2.85. The van der Waals surface area contributed by atoms with Crippen molar-refractivity contribution in [2.24, 2.45) is 18.7 Å². The fourth-order valence-electron chi connectivity index (χ4n) is 1.41. The lowest BCUT2D eigenvalue weighted by molar-refractivity contribution is -0.120. The molecule has 0 saturated heterocycles. The maximum absolute atomic E-state index is 11.8. The number of carbonyl (C=O) groups excluding carboxylic acids is 2. The number of aryl methyl sites for hydroxylation is 1. The maximum Gasteiger partial charge on any atom is 0.257 e. The molecule has 0 radical (unpaired) electrons. The molecule has 5 N–H and O–H groups in total. The van der Waals surface area contributed by atoms with Crippen LogP contribution < -0.4 is 16.8 Å². The molecule has 1 atom stereocenters. The molecule has 1 heterocycles. The van der Waals surface area contributed by atoms with Gasteiger partial charge in [0.25, 0.3) is 5.91 Å². The van der Waals surface area contributed by atoms with Gasteiger partial charge in [0.1, 0.15) is 17.4 Å². The summed E-state index contributed by atoms with van der Waals surface area (Å²) in [5.74, 6) is -0.868. The molecule has 0 bridgehead atoms. The molecule has 0 aliphatic heterocycles. The van der Waals surface area contributed by atoms with Crippen molar-refractivity contribution < 1.29 is 9.59 Å². The number of amides is 2. The third-order valence-electron chi connectivity index (χ3n) is 2.49. The first-order valence-electron chi connectivity index (χ1n) is 5.22. The van der Waals surface area contributed by atoms with E-state index in [2.05, 4.69) is 10.4 Å². The Hall–Kier alpha value is -2.05. The minimum absolute atomic E-state index is 0.0886. The number of nitrogens with zero attached hydrogens (tertiary/aromatic N) is 2. The van der Waals surface area contributed by atoms with Crippen LogP contribution in [0.5, 0.6) is 0 Å². The first-order chi connectivity index (χ1) is 7.84. The van der Waals surface area contributed by atoms with E-state index >= 15 is 0 Å². The number of carbonyl (C=O) groups is 2. The van der Waals surface area contributed by atoms with Crippen LogP contribution in [0.3, 0.4) is 0 Å². The molecule has 1 aromatic heterocycles. The number of nitrogens with one attached hydrogen (secondary N) is 1. The molecule has 17 heavy (non-hydrogen) atoms. The second-order valence-electron chi connectivity index (χ2n) is 4.16. The highest BCUT2D eigenvalue weighted by Crippen LogP contribution is 2.10. The van der Waals surface area contributed by atoms with Crippen LogP contribution >= 0.6 is 0 Å². The molecule has 94 valence electrons. The van der Waals surface area contributed by atoms with Gasteiger partial charge >= 0.3 is 0 Å². The van der Waals surface area contributed by atoms with Gasteiger partial charge in [0.05, 0.1) is 6.20 Å². The normalized spacial score (nSPS) is 12.5. The van der Waals surface area contributed by atoms with E-state index in [1.54, 1.807) is 20.9 Å². The molecule has 0 spiro atoms. The Morgan fingerprint density at radius 3 is 2.41 bits per heavy atom. The third-order valence-corrected chi connectivity index (χ3v) is 2.49. The Labute approximate surface area is 99.1 Å². The van der Waals surface area contributed by atoms with Crippen molar-refractivity contribution in [3.05, 3.63) is 11.8 Å². The van der Waals surface area contributed by atoms with Crippen molar-refractivity contribution in [3.63, 3.8) is 0 Å². The van der Waals surface area contributed by atoms with E-state index in [9.17, 15) is 9.59 Å². The molecule has 7 heteroatoms. The van der Waals surface area contributed by atoms with Gasteiger partial charge in [0.15, 0.2) is 0 Å². The van der Waals surface area contributed by atoms with Gasteiger partial charge in [-0.3, -0.25) is 14.3 Å². The maximum atomic E-state index is 11.8. The minimum atomic E-state index is -0.720. The summed E-state index contributed by atoms with van der Waals surface area (Å²) >= 11 is 0. The van der Waals surface area contributed by atoms with Crippen LogP contribution in [0.15, 0.2) is 6.20 Å². The summed E-state index contributed by atoms with van der Waals surface area (Å²) in [4.78, 5) is 23.0. The van der Waals surface area contributed by atoms with E-state index in [0.29, 0.717) is 0 Å². The fourth-order valence-corrected chi connectivity index (χ4v) is 1.41. The van der Waals surface area contributed by atoms with E-state index in [1.165, 1.54) is 10.9 Å². The monoisotopic (exact) mass is 239 g/mol. The van der Waals surface area contributed by atoms with Gasteiger partial charge in [-0.25, -0.2) is 0 Å². The number of hydrogen-bond acceptors (Lipinski definition) is 4. The van der Waals surface area contributed by atoms with Crippen LogP contribution in [0.25, 0.3) is 0 Å². The Morgan fingerprint density at radius 2 is 2.06 bits per heavy atom. The summed E-state index contributed by atoms with van der Waals surface area (Å²) in [6.07, 6.45) is 1.35. The predicted molar refractivity (Wildman–Crippen MR) is 62.9 cm³/mol. The molecule has 0 fully saturated rings. The fraction of sp³-hybridized carbons (Fsp3) is 0.500. The molecule has 0 aromatic carbocycles. The summed E-state index contributed by atoms with van der Waals surface area (Å²) in [6, 6.07) is -0.720. The number of nitrogens with two attached hydrogens (primary N) is 2. The second-order valence-corrected chi connectivity index (χ2v) is 4.16. The highest BCUT2D eigenvalue weighted by molar-refractivity contribution is 6.00. The first kappa shape index (κ1) is 13.0. The smallest absolute Gasteiger partial charge is 0.257 e. The van der Waals surface area contributed by atoms with Gasteiger partial charge < -0.3 is 16.8 Å². The lowest BCUT2D eigenvalue weighted by atomic mass is 10.0. The van der Waals surface area contributed by atoms with E-state index in [4.69, 9.17) is 11.5 Å². The predicted octanol–water partition coefficient (Wildman–Crippen LogP) is -0.758. The molecule has 1 unspecified atom stereocenters. The summed E-state index contributed by atoms with van der Waals surface area (Å²) < 4.78 is 1.38. The van der Waals surface area contributed by atoms with Crippen LogP contribution in [-0.4, -0.2) is 27.6 Å². The summed E-state index contributed by atoms with van der Waals surface area (Å²) in [5, 5.41) is 6.39. The van der Waals surface area contributed by atoms with E-state index < -0.39 is 17.9 Å².